The fourth-order valence-corrected chi connectivity index (χ4v) is 2.51. The predicted molar refractivity (Wildman–Crippen MR) is 46.8 cm³/mol. The van der Waals surface area contributed by atoms with Gasteiger partial charge in [0.25, 0.3) is 0 Å². The molecule has 0 aromatic carbocycles. The zero-order valence-corrected chi connectivity index (χ0v) is 7.43. The third-order valence-corrected chi connectivity index (χ3v) is 3.03. The molecule has 3 rings (SSSR count). The van der Waals surface area contributed by atoms with Crippen LogP contribution in [0.15, 0.2) is 12.5 Å². The summed E-state index contributed by atoms with van der Waals surface area (Å²) in [5, 5.41) is 1.14. The zero-order valence-electron chi connectivity index (χ0n) is 6.61. The average molecular weight is 177 g/mol. The third kappa shape index (κ3) is 0.653. The van der Waals surface area contributed by atoms with Crippen LogP contribution in [0.25, 0.3) is 5.82 Å². The molecule has 2 aromatic heterocycles. The van der Waals surface area contributed by atoms with E-state index in [1.54, 1.807) is 11.3 Å². The highest BCUT2D eigenvalue weighted by Gasteiger charge is 2.21. The highest BCUT2D eigenvalue weighted by molar-refractivity contribution is 7.12. The molecule has 0 N–H and O–H groups in total. The van der Waals surface area contributed by atoms with E-state index in [1.807, 2.05) is 19.4 Å². The summed E-state index contributed by atoms with van der Waals surface area (Å²) >= 11 is 1.78. The van der Waals surface area contributed by atoms with Crippen LogP contribution >= 0.6 is 11.3 Å². The first-order valence-corrected chi connectivity index (χ1v) is 4.64. The first-order chi connectivity index (χ1) is 5.84. The van der Waals surface area contributed by atoms with E-state index in [0.29, 0.717) is 0 Å². The van der Waals surface area contributed by atoms with Gasteiger partial charge < -0.3 is 0 Å². The Balaban J connectivity index is 2.32. The minimum absolute atomic E-state index is 1.00. The number of hydrogen-bond acceptors (Lipinski definition) is 3. The van der Waals surface area contributed by atoms with Crippen LogP contribution in [0.4, 0.5) is 0 Å². The van der Waals surface area contributed by atoms with Crippen LogP contribution in [0.3, 0.4) is 0 Å². The van der Waals surface area contributed by atoms with Gasteiger partial charge in [-0.25, -0.2) is 9.97 Å². The van der Waals surface area contributed by atoms with Gasteiger partial charge in [-0.15, -0.1) is 11.3 Å². The molecule has 2 aromatic rings. The van der Waals surface area contributed by atoms with Crippen LogP contribution in [0.1, 0.15) is 15.6 Å². The second-order valence-electron chi connectivity index (χ2n) is 2.91. The van der Waals surface area contributed by atoms with Crippen LogP contribution in [0, 0.1) is 6.92 Å². The van der Waals surface area contributed by atoms with Gasteiger partial charge in [0.1, 0.15) is 6.33 Å². The molecule has 3 nitrogen and oxygen atoms in total. The fraction of sp³-hybridized carbons (Fsp3) is 0.250. The van der Waals surface area contributed by atoms with Gasteiger partial charge in [0.05, 0.1) is 9.88 Å². The number of imidazole rings is 1. The van der Waals surface area contributed by atoms with E-state index in [9.17, 15) is 0 Å². The van der Waals surface area contributed by atoms with Crippen molar-refractivity contribution in [3.63, 3.8) is 0 Å². The lowest BCUT2D eigenvalue weighted by Crippen LogP contribution is -1.90. The van der Waals surface area contributed by atoms with Crippen molar-refractivity contribution in [2.24, 2.45) is 0 Å². The van der Waals surface area contributed by atoms with Gasteiger partial charge in [0.15, 0.2) is 5.82 Å². The smallest absolute Gasteiger partial charge is 0.153 e. The molecule has 0 radical (unpaired) electrons. The molecule has 12 heavy (non-hydrogen) atoms. The quantitative estimate of drug-likeness (QED) is 0.521. The van der Waals surface area contributed by atoms with Gasteiger partial charge in [0, 0.05) is 18.3 Å². The minimum Gasteiger partial charge on any atom is -0.286 e. The van der Waals surface area contributed by atoms with Crippen LogP contribution in [0.2, 0.25) is 0 Å². The topological polar surface area (TPSA) is 30.7 Å². The van der Waals surface area contributed by atoms with E-state index in [-0.39, 0.29) is 0 Å². The summed E-state index contributed by atoms with van der Waals surface area (Å²) in [5.41, 5.74) is 1.25. The van der Waals surface area contributed by atoms with Crippen molar-refractivity contribution in [3.8, 4) is 5.82 Å². The zero-order chi connectivity index (χ0) is 8.13. The summed E-state index contributed by atoms with van der Waals surface area (Å²) in [6, 6.07) is 0. The summed E-state index contributed by atoms with van der Waals surface area (Å²) in [4.78, 5) is 9.89. The van der Waals surface area contributed by atoms with Crippen molar-refractivity contribution in [2.45, 2.75) is 13.3 Å². The molecule has 4 heteroatoms. The Morgan fingerprint density at radius 2 is 2.50 bits per heavy atom. The monoisotopic (exact) mass is 177 g/mol. The maximum atomic E-state index is 4.45. The molecule has 0 saturated heterocycles. The second kappa shape index (κ2) is 1.95. The van der Waals surface area contributed by atoms with Gasteiger partial charge in [-0.1, -0.05) is 0 Å². The van der Waals surface area contributed by atoms with E-state index < -0.39 is 0 Å². The van der Waals surface area contributed by atoms with Crippen molar-refractivity contribution < 1.29 is 0 Å². The minimum atomic E-state index is 1.00. The van der Waals surface area contributed by atoms with Gasteiger partial charge in [-0.05, 0) is 6.92 Å². The number of hydrogen-bond donors (Lipinski definition) is 0. The van der Waals surface area contributed by atoms with Gasteiger partial charge in [-0.3, -0.25) is 4.57 Å². The van der Waals surface area contributed by atoms with Crippen LogP contribution < -0.4 is 0 Å². The molecule has 1 aliphatic rings. The Morgan fingerprint density at radius 1 is 1.58 bits per heavy atom. The largest absolute Gasteiger partial charge is 0.286 e. The number of fused-ring (bicyclic) bond motifs is 3. The maximum Gasteiger partial charge on any atom is 0.153 e. The summed E-state index contributed by atoms with van der Waals surface area (Å²) in [5.74, 6) is 1.09. The Bertz CT molecular complexity index is 441. The Kier molecular flexibility index (Phi) is 1.04. The van der Waals surface area contributed by atoms with Crippen LogP contribution in [-0.2, 0) is 6.42 Å². The first-order valence-electron chi connectivity index (χ1n) is 3.82. The number of rotatable bonds is 0. The lowest BCUT2D eigenvalue weighted by molar-refractivity contribution is 0.990. The Morgan fingerprint density at radius 3 is 3.42 bits per heavy atom. The highest BCUT2D eigenvalue weighted by atomic mass is 32.1. The molecule has 0 bridgehead atoms. The Labute approximate surface area is 73.7 Å². The first kappa shape index (κ1) is 6.37. The maximum absolute atomic E-state index is 4.45. The summed E-state index contributed by atoms with van der Waals surface area (Å²) in [6.45, 7) is 2.04. The molecule has 0 unspecified atom stereocenters. The summed E-state index contributed by atoms with van der Waals surface area (Å²) < 4.78 is 2.07. The Hall–Kier alpha value is -1.16. The highest BCUT2D eigenvalue weighted by Crippen LogP contribution is 2.30. The number of nitrogens with zero attached hydrogens (tertiary/aromatic N) is 3. The molecule has 1 aliphatic heterocycles. The van der Waals surface area contributed by atoms with Crippen molar-refractivity contribution >= 4 is 11.3 Å². The molecule has 0 spiro atoms. The van der Waals surface area contributed by atoms with E-state index in [1.165, 1.54) is 10.6 Å². The van der Waals surface area contributed by atoms with Gasteiger partial charge in [0.2, 0.25) is 0 Å². The fourth-order valence-electron chi connectivity index (χ4n) is 1.57. The van der Waals surface area contributed by atoms with E-state index in [0.717, 1.165) is 17.2 Å². The van der Waals surface area contributed by atoms with Crippen molar-refractivity contribution in [2.75, 3.05) is 0 Å². The van der Waals surface area contributed by atoms with Crippen molar-refractivity contribution in [3.05, 3.63) is 28.1 Å². The van der Waals surface area contributed by atoms with Gasteiger partial charge in [-0.2, -0.15) is 0 Å². The molecule has 0 saturated carbocycles. The predicted octanol–water partition coefficient (Wildman–Crippen LogP) is 1.54. The summed E-state index contributed by atoms with van der Waals surface area (Å²) in [6.07, 6.45) is 4.74. The van der Waals surface area contributed by atoms with Crippen LogP contribution in [0.5, 0.6) is 0 Å². The third-order valence-electron chi connectivity index (χ3n) is 2.07. The number of thiazole rings is 1. The number of aryl methyl sites for hydroxylation is 1. The molecule has 0 atom stereocenters. The van der Waals surface area contributed by atoms with E-state index in [4.69, 9.17) is 0 Å². The molecular formula is C8H7N3S. The SMILES string of the molecule is Cc1nc2c(s1)Cc1cncn1-2. The molecular weight excluding hydrogens is 170 g/mol. The summed E-state index contributed by atoms with van der Waals surface area (Å²) in [7, 11) is 0. The average Bonchev–Trinajstić information content (AvgIpc) is 2.59. The number of aromatic nitrogens is 3. The molecule has 0 amide bonds. The molecule has 0 fully saturated rings. The molecule has 3 heterocycles. The van der Waals surface area contributed by atoms with Crippen LogP contribution in [-0.4, -0.2) is 14.5 Å². The molecule has 60 valence electrons. The van der Waals surface area contributed by atoms with Gasteiger partial charge >= 0.3 is 0 Å². The normalized spacial score (nSPS) is 13.1. The van der Waals surface area contributed by atoms with Crippen molar-refractivity contribution in [1.82, 2.24) is 14.5 Å². The van der Waals surface area contributed by atoms with E-state index >= 15 is 0 Å². The lowest BCUT2D eigenvalue weighted by atomic mass is 10.3. The standard InChI is InChI=1S/C8H7N3S/c1-5-10-8-7(12-5)2-6-3-9-4-11(6)8/h3-4H,2H2,1H3. The van der Waals surface area contributed by atoms with E-state index in [2.05, 4.69) is 14.5 Å². The van der Waals surface area contributed by atoms with Crippen molar-refractivity contribution in [1.29, 1.82) is 0 Å². The second-order valence-corrected chi connectivity index (χ2v) is 4.20. The molecule has 0 aliphatic carbocycles. The lowest BCUT2D eigenvalue weighted by Gasteiger charge is -1.92.